The number of allylic oxidation sites excluding steroid dienone is 2. The largest absolute Gasteiger partial charge is 0.494 e. The molecule has 2 rings (SSSR count). The highest BCUT2D eigenvalue weighted by Gasteiger charge is 2.15. The first kappa shape index (κ1) is 17.1. The Bertz CT molecular complexity index is 443. The van der Waals surface area contributed by atoms with Gasteiger partial charge < -0.3 is 4.74 Å². The molecule has 1 atom stereocenters. The SMILES string of the molecule is CCCCCCC1CC=C(c2ccc(OCCC)cc2)CC1. The summed E-state index contributed by atoms with van der Waals surface area (Å²) in [5, 5.41) is 0. The van der Waals surface area contributed by atoms with Gasteiger partial charge in [0.1, 0.15) is 5.75 Å². The van der Waals surface area contributed by atoms with Gasteiger partial charge in [-0.3, -0.25) is 0 Å². The summed E-state index contributed by atoms with van der Waals surface area (Å²) in [7, 11) is 0. The molecule has 0 saturated carbocycles. The van der Waals surface area contributed by atoms with Gasteiger partial charge in [0.15, 0.2) is 0 Å². The van der Waals surface area contributed by atoms with E-state index in [0.29, 0.717) is 0 Å². The van der Waals surface area contributed by atoms with E-state index in [0.717, 1.165) is 24.7 Å². The van der Waals surface area contributed by atoms with Crippen molar-refractivity contribution < 1.29 is 4.74 Å². The second-order valence-electron chi connectivity index (χ2n) is 6.59. The molecule has 0 spiro atoms. The van der Waals surface area contributed by atoms with Gasteiger partial charge in [-0.25, -0.2) is 0 Å². The molecule has 0 amide bonds. The van der Waals surface area contributed by atoms with Crippen LogP contribution in [0.2, 0.25) is 0 Å². The Balaban J connectivity index is 1.80. The van der Waals surface area contributed by atoms with Crippen LogP contribution in [0.1, 0.15) is 77.2 Å². The van der Waals surface area contributed by atoms with E-state index in [1.54, 1.807) is 0 Å². The third-order valence-corrected chi connectivity index (χ3v) is 4.68. The molecule has 1 unspecified atom stereocenters. The Morgan fingerprint density at radius 1 is 1.00 bits per heavy atom. The summed E-state index contributed by atoms with van der Waals surface area (Å²) in [5.41, 5.74) is 2.92. The van der Waals surface area contributed by atoms with Gasteiger partial charge in [-0.2, -0.15) is 0 Å². The van der Waals surface area contributed by atoms with E-state index in [1.807, 2.05) is 0 Å². The average molecular weight is 300 g/mol. The van der Waals surface area contributed by atoms with Gasteiger partial charge >= 0.3 is 0 Å². The zero-order valence-corrected chi connectivity index (χ0v) is 14.4. The lowest BCUT2D eigenvalue weighted by Gasteiger charge is -2.22. The third-order valence-electron chi connectivity index (χ3n) is 4.68. The molecule has 0 fully saturated rings. The summed E-state index contributed by atoms with van der Waals surface area (Å²) in [5.74, 6) is 1.92. The van der Waals surface area contributed by atoms with Crippen molar-refractivity contribution >= 4 is 5.57 Å². The molecule has 1 aromatic carbocycles. The monoisotopic (exact) mass is 300 g/mol. The molecule has 0 bridgehead atoms. The van der Waals surface area contributed by atoms with Crippen LogP contribution in [-0.2, 0) is 0 Å². The van der Waals surface area contributed by atoms with Gasteiger partial charge in [-0.1, -0.05) is 64.2 Å². The Morgan fingerprint density at radius 3 is 2.45 bits per heavy atom. The Morgan fingerprint density at radius 2 is 1.82 bits per heavy atom. The van der Waals surface area contributed by atoms with Crippen LogP contribution in [0, 0.1) is 5.92 Å². The van der Waals surface area contributed by atoms with Crippen molar-refractivity contribution in [2.75, 3.05) is 6.61 Å². The summed E-state index contributed by atoms with van der Waals surface area (Å²) >= 11 is 0. The van der Waals surface area contributed by atoms with Gasteiger partial charge in [-0.05, 0) is 54.9 Å². The van der Waals surface area contributed by atoms with E-state index < -0.39 is 0 Å². The summed E-state index contributed by atoms with van der Waals surface area (Å²) in [6.45, 7) is 5.23. The summed E-state index contributed by atoms with van der Waals surface area (Å²) in [4.78, 5) is 0. The van der Waals surface area contributed by atoms with Crippen LogP contribution in [0.4, 0.5) is 0 Å². The molecule has 1 nitrogen and oxygen atoms in total. The standard InChI is InChI=1S/C21H32O/c1-3-5-6-7-8-18-9-11-19(12-10-18)20-13-15-21(16-14-20)22-17-4-2/h11,13-16,18H,3-10,12,17H2,1-2H3. The van der Waals surface area contributed by atoms with Crippen LogP contribution in [0.25, 0.3) is 5.57 Å². The number of rotatable bonds is 9. The van der Waals surface area contributed by atoms with E-state index >= 15 is 0 Å². The predicted molar refractivity (Wildman–Crippen MR) is 96.3 cm³/mol. The van der Waals surface area contributed by atoms with Crippen molar-refractivity contribution in [1.82, 2.24) is 0 Å². The van der Waals surface area contributed by atoms with E-state index in [2.05, 4.69) is 44.2 Å². The maximum atomic E-state index is 5.66. The van der Waals surface area contributed by atoms with Gasteiger partial charge in [0.2, 0.25) is 0 Å². The molecule has 1 aliphatic carbocycles. The first-order chi connectivity index (χ1) is 10.8. The van der Waals surface area contributed by atoms with E-state index in [1.165, 1.54) is 62.5 Å². The molecule has 1 aliphatic rings. The molecule has 122 valence electrons. The summed E-state index contributed by atoms with van der Waals surface area (Å²) in [6.07, 6.45) is 14.4. The Labute approximate surface area is 136 Å². The van der Waals surface area contributed by atoms with Crippen LogP contribution in [0.15, 0.2) is 30.3 Å². The molecule has 0 aliphatic heterocycles. The minimum absolute atomic E-state index is 0.807. The van der Waals surface area contributed by atoms with Crippen molar-refractivity contribution in [3.05, 3.63) is 35.9 Å². The molecule has 0 saturated heterocycles. The minimum Gasteiger partial charge on any atom is -0.494 e. The molecule has 0 N–H and O–H groups in total. The second kappa shape index (κ2) is 9.71. The predicted octanol–water partition coefficient (Wildman–Crippen LogP) is 6.63. The third kappa shape index (κ3) is 5.51. The highest BCUT2D eigenvalue weighted by Crippen LogP contribution is 2.33. The fraction of sp³-hybridized carbons (Fsp3) is 0.619. The second-order valence-corrected chi connectivity index (χ2v) is 6.59. The van der Waals surface area contributed by atoms with Crippen molar-refractivity contribution in [2.24, 2.45) is 5.92 Å². The highest BCUT2D eigenvalue weighted by molar-refractivity contribution is 5.66. The van der Waals surface area contributed by atoms with Crippen molar-refractivity contribution in [3.8, 4) is 5.75 Å². The minimum atomic E-state index is 0.807. The lowest BCUT2D eigenvalue weighted by Crippen LogP contribution is -2.05. The lowest BCUT2D eigenvalue weighted by molar-refractivity contribution is 0.317. The molecule has 0 radical (unpaired) electrons. The normalized spacial score (nSPS) is 18.1. The van der Waals surface area contributed by atoms with Crippen molar-refractivity contribution in [3.63, 3.8) is 0 Å². The Hall–Kier alpha value is -1.24. The van der Waals surface area contributed by atoms with Crippen LogP contribution in [-0.4, -0.2) is 6.61 Å². The fourth-order valence-electron chi connectivity index (χ4n) is 3.26. The van der Waals surface area contributed by atoms with Gasteiger partial charge in [0.25, 0.3) is 0 Å². The number of benzene rings is 1. The maximum absolute atomic E-state index is 5.66. The van der Waals surface area contributed by atoms with E-state index in [9.17, 15) is 0 Å². The molecule has 0 heterocycles. The molecular weight excluding hydrogens is 268 g/mol. The van der Waals surface area contributed by atoms with E-state index in [4.69, 9.17) is 4.74 Å². The van der Waals surface area contributed by atoms with Crippen LogP contribution >= 0.6 is 0 Å². The summed E-state index contributed by atoms with van der Waals surface area (Å²) in [6, 6.07) is 8.67. The van der Waals surface area contributed by atoms with Crippen LogP contribution < -0.4 is 4.74 Å². The molecular formula is C21H32O. The zero-order chi connectivity index (χ0) is 15.6. The number of unbranched alkanes of at least 4 members (excludes halogenated alkanes) is 3. The highest BCUT2D eigenvalue weighted by atomic mass is 16.5. The zero-order valence-electron chi connectivity index (χ0n) is 14.4. The fourth-order valence-corrected chi connectivity index (χ4v) is 3.26. The van der Waals surface area contributed by atoms with Crippen molar-refractivity contribution in [2.45, 2.75) is 71.6 Å². The average Bonchev–Trinajstić information content (AvgIpc) is 2.58. The quantitative estimate of drug-likeness (QED) is 0.465. The first-order valence-electron chi connectivity index (χ1n) is 9.25. The van der Waals surface area contributed by atoms with Crippen molar-refractivity contribution in [1.29, 1.82) is 0 Å². The molecule has 0 aromatic heterocycles. The number of ether oxygens (including phenoxy) is 1. The topological polar surface area (TPSA) is 9.23 Å². The number of hydrogen-bond donors (Lipinski definition) is 0. The number of hydrogen-bond acceptors (Lipinski definition) is 1. The maximum Gasteiger partial charge on any atom is 0.119 e. The lowest BCUT2D eigenvalue weighted by atomic mass is 9.84. The smallest absolute Gasteiger partial charge is 0.119 e. The molecule has 1 heteroatoms. The van der Waals surface area contributed by atoms with Crippen LogP contribution in [0.3, 0.4) is 0 Å². The van der Waals surface area contributed by atoms with Gasteiger partial charge in [-0.15, -0.1) is 0 Å². The summed E-state index contributed by atoms with van der Waals surface area (Å²) < 4.78 is 5.66. The molecule has 22 heavy (non-hydrogen) atoms. The molecule has 1 aromatic rings. The van der Waals surface area contributed by atoms with E-state index in [-0.39, 0.29) is 0 Å². The Kier molecular flexibility index (Phi) is 7.56. The first-order valence-corrected chi connectivity index (χ1v) is 9.25. The van der Waals surface area contributed by atoms with Gasteiger partial charge in [0.05, 0.1) is 6.61 Å². The van der Waals surface area contributed by atoms with Crippen LogP contribution in [0.5, 0.6) is 5.75 Å². The van der Waals surface area contributed by atoms with Gasteiger partial charge in [0, 0.05) is 0 Å².